The number of nitrogens with one attached hydrogen (secondary N) is 1. The predicted molar refractivity (Wildman–Crippen MR) is 66.7 cm³/mol. The third-order valence-electron chi connectivity index (χ3n) is 2.67. The van der Waals surface area contributed by atoms with Crippen molar-refractivity contribution < 1.29 is 9.90 Å². The van der Waals surface area contributed by atoms with E-state index in [4.69, 9.17) is 5.11 Å². The maximum absolute atomic E-state index is 11.0. The molecule has 0 rings (SSSR count). The average molecular weight is 230 g/mol. The first kappa shape index (κ1) is 15.4. The lowest BCUT2D eigenvalue weighted by Gasteiger charge is -2.26. The van der Waals surface area contributed by atoms with Crippen LogP contribution in [0, 0.1) is 0 Å². The molecule has 0 fully saturated rings. The lowest BCUT2D eigenvalue weighted by Crippen LogP contribution is -2.44. The van der Waals surface area contributed by atoms with Gasteiger partial charge in [-0.1, -0.05) is 20.8 Å². The Hall–Kier alpha value is -0.610. The van der Waals surface area contributed by atoms with Crippen molar-refractivity contribution in [3.05, 3.63) is 0 Å². The lowest BCUT2D eigenvalue weighted by atomic mass is 10.1. The van der Waals surface area contributed by atoms with Gasteiger partial charge >= 0.3 is 5.97 Å². The van der Waals surface area contributed by atoms with E-state index in [1.54, 1.807) is 0 Å². The second-order valence-electron chi connectivity index (χ2n) is 4.72. The van der Waals surface area contributed by atoms with Crippen LogP contribution in [0.5, 0.6) is 0 Å². The van der Waals surface area contributed by atoms with Gasteiger partial charge in [0, 0.05) is 18.6 Å². The molecular weight excluding hydrogens is 204 g/mol. The number of hydrogen-bond donors (Lipinski definition) is 2. The van der Waals surface area contributed by atoms with Crippen LogP contribution in [-0.4, -0.2) is 47.2 Å². The van der Waals surface area contributed by atoms with E-state index in [-0.39, 0.29) is 6.04 Å². The molecule has 0 aromatic heterocycles. The van der Waals surface area contributed by atoms with Gasteiger partial charge < -0.3 is 15.3 Å². The Morgan fingerprint density at radius 3 is 2.19 bits per heavy atom. The zero-order chi connectivity index (χ0) is 12.7. The Labute approximate surface area is 99.0 Å². The number of nitrogens with zero attached hydrogens (tertiary/aromatic N) is 1. The van der Waals surface area contributed by atoms with Crippen molar-refractivity contribution in [1.82, 2.24) is 10.2 Å². The zero-order valence-electron chi connectivity index (χ0n) is 11.2. The van der Waals surface area contributed by atoms with Crippen LogP contribution in [0.2, 0.25) is 0 Å². The van der Waals surface area contributed by atoms with Gasteiger partial charge in [-0.15, -0.1) is 0 Å². The van der Waals surface area contributed by atoms with Gasteiger partial charge in [-0.25, -0.2) is 0 Å². The fraction of sp³-hybridized carbons (Fsp3) is 0.917. The SMILES string of the molecule is CCN(CCC(NC(C)C)C(=O)O)C(C)C. The third kappa shape index (κ3) is 6.08. The standard InChI is InChI=1S/C12H26N2O2/c1-6-14(10(4)5)8-7-11(12(15)16)13-9(2)3/h9-11,13H,6-8H2,1-5H3,(H,15,16). The van der Waals surface area contributed by atoms with E-state index >= 15 is 0 Å². The largest absolute Gasteiger partial charge is 0.480 e. The summed E-state index contributed by atoms with van der Waals surface area (Å²) in [5.41, 5.74) is 0. The summed E-state index contributed by atoms with van der Waals surface area (Å²) in [6, 6.07) is 0.238. The minimum atomic E-state index is -0.756. The van der Waals surface area contributed by atoms with Crippen LogP contribution in [0.15, 0.2) is 0 Å². The smallest absolute Gasteiger partial charge is 0.320 e. The van der Waals surface area contributed by atoms with E-state index in [2.05, 4.69) is 31.0 Å². The van der Waals surface area contributed by atoms with Crippen LogP contribution in [0.3, 0.4) is 0 Å². The van der Waals surface area contributed by atoms with Crippen molar-refractivity contribution >= 4 is 5.97 Å². The molecule has 4 heteroatoms. The van der Waals surface area contributed by atoms with Crippen LogP contribution in [-0.2, 0) is 4.79 Å². The van der Waals surface area contributed by atoms with Crippen LogP contribution < -0.4 is 5.32 Å². The van der Waals surface area contributed by atoms with Crippen molar-refractivity contribution in [3.8, 4) is 0 Å². The molecule has 0 aliphatic carbocycles. The summed E-state index contributed by atoms with van der Waals surface area (Å²) >= 11 is 0. The monoisotopic (exact) mass is 230 g/mol. The quantitative estimate of drug-likeness (QED) is 0.664. The van der Waals surface area contributed by atoms with Gasteiger partial charge in [-0.05, 0) is 26.8 Å². The van der Waals surface area contributed by atoms with Gasteiger partial charge in [0.2, 0.25) is 0 Å². The number of carboxylic acid groups (broad SMARTS) is 1. The molecular formula is C12H26N2O2. The fourth-order valence-corrected chi connectivity index (χ4v) is 1.76. The molecule has 0 saturated carbocycles. The second-order valence-corrected chi connectivity index (χ2v) is 4.72. The average Bonchev–Trinajstić information content (AvgIpc) is 2.15. The third-order valence-corrected chi connectivity index (χ3v) is 2.67. The summed E-state index contributed by atoms with van der Waals surface area (Å²) in [6.45, 7) is 12.1. The Bertz CT molecular complexity index is 205. The van der Waals surface area contributed by atoms with Crippen LogP contribution in [0.4, 0.5) is 0 Å². The van der Waals surface area contributed by atoms with E-state index in [9.17, 15) is 4.79 Å². The first-order chi connectivity index (χ1) is 7.38. The molecule has 0 bridgehead atoms. The molecule has 1 atom stereocenters. The van der Waals surface area contributed by atoms with Crippen molar-refractivity contribution in [2.24, 2.45) is 0 Å². The highest BCUT2D eigenvalue weighted by atomic mass is 16.4. The molecule has 0 amide bonds. The Morgan fingerprint density at radius 2 is 1.88 bits per heavy atom. The Morgan fingerprint density at radius 1 is 1.31 bits per heavy atom. The molecule has 1 unspecified atom stereocenters. The maximum Gasteiger partial charge on any atom is 0.320 e. The second kappa shape index (κ2) is 7.63. The zero-order valence-corrected chi connectivity index (χ0v) is 11.2. The topological polar surface area (TPSA) is 52.6 Å². The molecule has 0 radical (unpaired) electrons. The van der Waals surface area contributed by atoms with Gasteiger partial charge in [0.05, 0.1) is 0 Å². The number of aliphatic carboxylic acids is 1. The summed E-state index contributed by atoms with van der Waals surface area (Å²) in [7, 11) is 0. The van der Waals surface area contributed by atoms with Crippen LogP contribution in [0.1, 0.15) is 41.0 Å². The maximum atomic E-state index is 11.0. The van der Waals surface area contributed by atoms with Gasteiger partial charge in [0.15, 0.2) is 0 Å². The van der Waals surface area contributed by atoms with E-state index in [0.29, 0.717) is 12.5 Å². The molecule has 4 nitrogen and oxygen atoms in total. The summed E-state index contributed by atoms with van der Waals surface area (Å²) in [6.07, 6.45) is 0.652. The highest BCUT2D eigenvalue weighted by Gasteiger charge is 2.19. The minimum Gasteiger partial charge on any atom is -0.480 e. The van der Waals surface area contributed by atoms with Crippen molar-refractivity contribution in [2.45, 2.75) is 59.2 Å². The van der Waals surface area contributed by atoms with Crippen molar-refractivity contribution in [1.29, 1.82) is 0 Å². The van der Waals surface area contributed by atoms with Crippen molar-refractivity contribution in [2.75, 3.05) is 13.1 Å². The molecule has 0 spiro atoms. The summed E-state index contributed by atoms with van der Waals surface area (Å²) in [5.74, 6) is -0.756. The molecule has 0 aromatic carbocycles. The number of carbonyl (C=O) groups is 1. The molecule has 0 aliphatic rings. The van der Waals surface area contributed by atoms with Gasteiger partial charge in [-0.2, -0.15) is 0 Å². The van der Waals surface area contributed by atoms with Crippen molar-refractivity contribution in [3.63, 3.8) is 0 Å². The molecule has 0 saturated heterocycles. The van der Waals surface area contributed by atoms with Gasteiger partial charge in [0.1, 0.15) is 6.04 Å². The highest BCUT2D eigenvalue weighted by Crippen LogP contribution is 2.02. The predicted octanol–water partition coefficient (Wildman–Crippen LogP) is 1.56. The van der Waals surface area contributed by atoms with E-state index in [0.717, 1.165) is 13.1 Å². The molecule has 96 valence electrons. The number of carboxylic acids is 1. The minimum absolute atomic E-state index is 0.204. The van der Waals surface area contributed by atoms with E-state index in [1.807, 2.05) is 13.8 Å². The summed E-state index contributed by atoms with van der Waals surface area (Å²) in [5, 5.41) is 12.1. The normalized spacial score (nSPS) is 13.8. The Kier molecular flexibility index (Phi) is 7.34. The Balaban J connectivity index is 4.15. The summed E-state index contributed by atoms with van der Waals surface area (Å²) in [4.78, 5) is 13.3. The van der Waals surface area contributed by atoms with Crippen LogP contribution in [0.25, 0.3) is 0 Å². The summed E-state index contributed by atoms with van der Waals surface area (Å²) < 4.78 is 0. The van der Waals surface area contributed by atoms with Gasteiger partial charge in [-0.3, -0.25) is 4.79 Å². The highest BCUT2D eigenvalue weighted by molar-refractivity contribution is 5.73. The first-order valence-corrected chi connectivity index (χ1v) is 6.11. The molecule has 0 heterocycles. The first-order valence-electron chi connectivity index (χ1n) is 6.11. The van der Waals surface area contributed by atoms with E-state index in [1.165, 1.54) is 0 Å². The molecule has 0 aliphatic heterocycles. The lowest BCUT2D eigenvalue weighted by molar-refractivity contribution is -0.140. The van der Waals surface area contributed by atoms with Crippen LogP contribution >= 0.6 is 0 Å². The number of hydrogen-bond acceptors (Lipinski definition) is 3. The number of rotatable bonds is 8. The molecule has 0 aromatic rings. The van der Waals surface area contributed by atoms with Gasteiger partial charge in [0.25, 0.3) is 0 Å². The fourth-order valence-electron chi connectivity index (χ4n) is 1.76. The molecule has 16 heavy (non-hydrogen) atoms. The molecule has 2 N–H and O–H groups in total. The van der Waals surface area contributed by atoms with E-state index < -0.39 is 12.0 Å².